The number of ether oxygens (including phenoxy) is 1. The van der Waals surface area contributed by atoms with Crippen molar-refractivity contribution < 1.29 is 9.53 Å². The third kappa shape index (κ3) is 4.58. The van der Waals surface area contributed by atoms with Crippen LogP contribution in [0.5, 0.6) is 5.75 Å². The Morgan fingerprint density at radius 3 is 2.62 bits per heavy atom. The molecule has 5 heteroatoms. The second-order valence-electron chi connectivity index (χ2n) is 5.93. The summed E-state index contributed by atoms with van der Waals surface area (Å²) < 4.78 is 6.67. The zero-order valence-corrected chi connectivity index (χ0v) is 15.0. The van der Waals surface area contributed by atoms with Gasteiger partial charge in [0.15, 0.2) is 0 Å². The molecule has 126 valence electrons. The molecule has 0 radical (unpaired) electrons. The lowest BCUT2D eigenvalue weighted by atomic mass is 9.97. The van der Waals surface area contributed by atoms with Crippen LogP contribution in [0.2, 0.25) is 0 Å². The first kappa shape index (κ1) is 17.0. The van der Waals surface area contributed by atoms with Gasteiger partial charge in [-0.3, -0.25) is 4.79 Å². The maximum Gasteiger partial charge on any atom is 0.227 e. The maximum absolute atomic E-state index is 12.3. The molecule has 0 aliphatic carbocycles. The molecule has 4 nitrogen and oxygen atoms in total. The molecule has 0 saturated carbocycles. The third-order valence-corrected chi connectivity index (χ3v) is 4.77. The Morgan fingerprint density at radius 2 is 1.92 bits per heavy atom. The summed E-state index contributed by atoms with van der Waals surface area (Å²) in [4.78, 5) is 12.3. The van der Waals surface area contributed by atoms with Crippen molar-refractivity contribution in [3.05, 3.63) is 58.6 Å². The smallest absolute Gasteiger partial charge is 0.227 e. The van der Waals surface area contributed by atoms with Crippen LogP contribution < -0.4 is 15.4 Å². The minimum Gasteiger partial charge on any atom is -0.488 e. The largest absolute Gasteiger partial charge is 0.488 e. The molecule has 2 aromatic carbocycles. The second-order valence-corrected chi connectivity index (χ2v) is 6.79. The highest BCUT2D eigenvalue weighted by Crippen LogP contribution is 2.29. The van der Waals surface area contributed by atoms with Gasteiger partial charge in [0.1, 0.15) is 12.4 Å². The molecule has 2 N–H and O–H groups in total. The van der Waals surface area contributed by atoms with Gasteiger partial charge in [0, 0.05) is 11.6 Å². The van der Waals surface area contributed by atoms with Crippen LogP contribution in [-0.4, -0.2) is 19.0 Å². The SMILES string of the molecule is O=C(Nc1ccc(OCc2ccccc2)c(Br)c1)C1CCNCC1. The summed E-state index contributed by atoms with van der Waals surface area (Å²) in [6, 6.07) is 15.7. The highest BCUT2D eigenvalue weighted by Gasteiger charge is 2.21. The van der Waals surface area contributed by atoms with Crippen molar-refractivity contribution >= 4 is 27.5 Å². The van der Waals surface area contributed by atoms with Gasteiger partial charge < -0.3 is 15.4 Å². The summed E-state index contributed by atoms with van der Waals surface area (Å²) in [5, 5.41) is 6.27. The third-order valence-electron chi connectivity index (χ3n) is 4.15. The number of amides is 1. The van der Waals surface area contributed by atoms with E-state index < -0.39 is 0 Å². The van der Waals surface area contributed by atoms with E-state index in [1.807, 2.05) is 48.5 Å². The van der Waals surface area contributed by atoms with Crippen molar-refractivity contribution in [3.8, 4) is 5.75 Å². The molecule has 1 amide bonds. The van der Waals surface area contributed by atoms with E-state index >= 15 is 0 Å². The van der Waals surface area contributed by atoms with E-state index in [1.165, 1.54) is 0 Å². The van der Waals surface area contributed by atoms with E-state index in [4.69, 9.17) is 4.74 Å². The van der Waals surface area contributed by atoms with Crippen molar-refractivity contribution in [1.82, 2.24) is 5.32 Å². The van der Waals surface area contributed by atoms with Crippen LogP contribution in [-0.2, 0) is 11.4 Å². The van der Waals surface area contributed by atoms with Gasteiger partial charge in [0.05, 0.1) is 4.47 Å². The Hall–Kier alpha value is -1.85. The average Bonchev–Trinajstić information content (AvgIpc) is 2.62. The zero-order valence-electron chi connectivity index (χ0n) is 13.4. The Bertz CT molecular complexity index is 685. The van der Waals surface area contributed by atoms with Crippen LogP contribution >= 0.6 is 15.9 Å². The van der Waals surface area contributed by atoms with Crippen molar-refractivity contribution in [3.63, 3.8) is 0 Å². The minimum atomic E-state index is 0.0963. The van der Waals surface area contributed by atoms with Gasteiger partial charge in [0.25, 0.3) is 0 Å². The van der Waals surface area contributed by atoms with E-state index in [9.17, 15) is 4.79 Å². The van der Waals surface area contributed by atoms with Crippen molar-refractivity contribution in [2.45, 2.75) is 19.4 Å². The van der Waals surface area contributed by atoms with Crippen molar-refractivity contribution in [2.24, 2.45) is 5.92 Å². The molecule has 0 aromatic heterocycles. The van der Waals surface area contributed by atoms with E-state index in [-0.39, 0.29) is 11.8 Å². The van der Waals surface area contributed by atoms with Gasteiger partial charge in [-0.05, 0) is 65.6 Å². The fourth-order valence-corrected chi connectivity index (χ4v) is 3.25. The quantitative estimate of drug-likeness (QED) is 0.814. The van der Waals surface area contributed by atoms with Gasteiger partial charge in [-0.25, -0.2) is 0 Å². The topological polar surface area (TPSA) is 50.4 Å². The molecular formula is C19H21BrN2O2. The number of carbonyl (C=O) groups excluding carboxylic acids is 1. The Morgan fingerprint density at radius 1 is 1.17 bits per heavy atom. The van der Waals surface area contributed by atoms with Crippen molar-refractivity contribution in [1.29, 1.82) is 0 Å². The number of benzene rings is 2. The summed E-state index contributed by atoms with van der Waals surface area (Å²) >= 11 is 3.52. The Balaban J connectivity index is 1.58. The number of hydrogen-bond acceptors (Lipinski definition) is 3. The monoisotopic (exact) mass is 388 g/mol. The summed E-state index contributed by atoms with van der Waals surface area (Å²) in [7, 11) is 0. The average molecular weight is 389 g/mol. The molecule has 0 spiro atoms. The van der Waals surface area contributed by atoms with E-state index in [2.05, 4.69) is 26.6 Å². The number of rotatable bonds is 5. The maximum atomic E-state index is 12.3. The molecular weight excluding hydrogens is 368 g/mol. The van der Waals surface area contributed by atoms with Gasteiger partial charge >= 0.3 is 0 Å². The molecule has 2 aromatic rings. The summed E-state index contributed by atoms with van der Waals surface area (Å²) in [6.45, 7) is 2.34. The van der Waals surface area contributed by atoms with Gasteiger partial charge in [-0.1, -0.05) is 30.3 Å². The number of nitrogens with one attached hydrogen (secondary N) is 2. The predicted molar refractivity (Wildman–Crippen MR) is 99.1 cm³/mol. The van der Waals surface area contributed by atoms with Crippen LogP contribution in [0.15, 0.2) is 53.0 Å². The first-order valence-electron chi connectivity index (χ1n) is 8.20. The van der Waals surface area contributed by atoms with Crippen LogP contribution in [0.3, 0.4) is 0 Å². The molecule has 0 unspecified atom stereocenters. The van der Waals surface area contributed by atoms with Crippen LogP contribution in [0.1, 0.15) is 18.4 Å². The molecule has 1 aliphatic heterocycles. The highest BCUT2D eigenvalue weighted by molar-refractivity contribution is 9.10. The fourth-order valence-electron chi connectivity index (χ4n) is 2.76. The molecule has 1 saturated heterocycles. The molecule has 24 heavy (non-hydrogen) atoms. The molecule has 1 heterocycles. The molecule has 0 bridgehead atoms. The number of anilines is 1. The summed E-state index contributed by atoms with van der Waals surface area (Å²) in [5.41, 5.74) is 1.91. The van der Waals surface area contributed by atoms with Crippen LogP contribution in [0.4, 0.5) is 5.69 Å². The summed E-state index contributed by atoms with van der Waals surface area (Å²) in [6.07, 6.45) is 1.79. The van der Waals surface area contributed by atoms with Gasteiger partial charge in [0.2, 0.25) is 5.91 Å². The molecule has 0 atom stereocenters. The zero-order chi connectivity index (χ0) is 16.8. The fraction of sp³-hybridized carbons (Fsp3) is 0.316. The number of hydrogen-bond donors (Lipinski definition) is 2. The van der Waals surface area contributed by atoms with Crippen LogP contribution in [0.25, 0.3) is 0 Å². The predicted octanol–water partition coefficient (Wildman–Crippen LogP) is 3.97. The number of carbonyl (C=O) groups is 1. The molecule has 3 rings (SSSR count). The van der Waals surface area contributed by atoms with E-state index in [0.717, 1.165) is 47.4 Å². The van der Waals surface area contributed by atoms with E-state index in [1.54, 1.807) is 0 Å². The molecule has 1 fully saturated rings. The molecule has 1 aliphatic rings. The normalized spacial score (nSPS) is 15.0. The Labute approximate surface area is 150 Å². The summed E-state index contributed by atoms with van der Waals surface area (Å²) in [5.74, 6) is 0.958. The first-order valence-corrected chi connectivity index (χ1v) is 8.99. The Kier molecular flexibility index (Phi) is 5.88. The first-order chi connectivity index (χ1) is 11.7. The minimum absolute atomic E-state index is 0.0963. The lowest BCUT2D eigenvalue weighted by molar-refractivity contribution is -0.120. The second kappa shape index (κ2) is 8.31. The van der Waals surface area contributed by atoms with Gasteiger partial charge in [-0.2, -0.15) is 0 Å². The van der Waals surface area contributed by atoms with Crippen molar-refractivity contribution in [2.75, 3.05) is 18.4 Å². The van der Waals surface area contributed by atoms with E-state index in [0.29, 0.717) is 6.61 Å². The lowest BCUT2D eigenvalue weighted by Gasteiger charge is -2.22. The number of halogens is 1. The van der Waals surface area contributed by atoms with Crippen LogP contribution in [0, 0.1) is 5.92 Å². The highest BCUT2D eigenvalue weighted by atomic mass is 79.9. The standard InChI is InChI=1S/C19H21BrN2O2/c20-17-12-16(22-19(23)15-8-10-21-11-9-15)6-7-18(17)24-13-14-4-2-1-3-5-14/h1-7,12,15,21H,8-11,13H2,(H,22,23). The lowest BCUT2D eigenvalue weighted by Crippen LogP contribution is -2.34. The van der Waals surface area contributed by atoms with Gasteiger partial charge in [-0.15, -0.1) is 0 Å². The number of piperidine rings is 1.